The molecule has 12 heavy (non-hydrogen) atoms. The molecule has 0 rings (SSSR count). The van der Waals surface area contributed by atoms with Gasteiger partial charge in [0, 0.05) is 12.9 Å². The highest BCUT2D eigenvalue weighted by Gasteiger charge is 2.15. The van der Waals surface area contributed by atoms with Crippen molar-refractivity contribution in [3.8, 4) is 0 Å². The molecule has 0 aliphatic rings. The molecule has 0 saturated carbocycles. The summed E-state index contributed by atoms with van der Waals surface area (Å²) in [5, 5.41) is 14.9. The van der Waals surface area contributed by atoms with Crippen molar-refractivity contribution in [1.29, 1.82) is 0 Å². The highest BCUT2D eigenvalue weighted by Crippen LogP contribution is 2.06. The van der Waals surface area contributed by atoms with E-state index in [2.05, 4.69) is 11.8 Å². The predicted octanol–water partition coefficient (Wildman–Crippen LogP) is 1.60. The molecule has 0 aliphatic heterocycles. The Labute approximate surface area is 74.4 Å². The van der Waals surface area contributed by atoms with Crippen LogP contribution in [0.15, 0.2) is 16.9 Å². The average molecular weight is 170 g/mol. The normalized spacial score (nSPS) is 10.8. The minimum absolute atomic E-state index is 0.460. The van der Waals surface area contributed by atoms with Crippen molar-refractivity contribution in [2.45, 2.75) is 33.3 Å². The van der Waals surface area contributed by atoms with Gasteiger partial charge in [-0.3, -0.25) is 5.01 Å². The lowest BCUT2D eigenvalue weighted by atomic mass is 10.1. The first-order chi connectivity index (χ1) is 5.35. The Balaban J connectivity index is 4.20. The number of nitrogens with zero attached hydrogens (tertiary/aromatic N) is 2. The highest BCUT2D eigenvalue weighted by molar-refractivity contribution is 5.23. The van der Waals surface area contributed by atoms with Gasteiger partial charge in [0.05, 0.1) is 12.1 Å². The molecule has 0 spiro atoms. The van der Waals surface area contributed by atoms with E-state index in [0.717, 1.165) is 5.57 Å². The van der Waals surface area contributed by atoms with Crippen LogP contribution >= 0.6 is 0 Å². The second kappa shape index (κ2) is 4.26. The summed E-state index contributed by atoms with van der Waals surface area (Å²) in [5.74, 6) is 0. The maximum atomic E-state index is 9.47. The lowest BCUT2D eigenvalue weighted by Crippen LogP contribution is -2.32. The Hall–Kier alpha value is -0.830. The fourth-order valence-corrected chi connectivity index (χ4v) is 0.831. The Morgan fingerprint density at radius 2 is 2.08 bits per heavy atom. The van der Waals surface area contributed by atoms with E-state index in [9.17, 15) is 5.11 Å². The molecule has 0 amide bonds. The Morgan fingerprint density at radius 1 is 1.58 bits per heavy atom. The molecule has 0 atom stereocenters. The van der Waals surface area contributed by atoms with Gasteiger partial charge in [-0.1, -0.05) is 5.57 Å². The molecule has 0 bridgehead atoms. The van der Waals surface area contributed by atoms with E-state index in [4.69, 9.17) is 0 Å². The van der Waals surface area contributed by atoms with Crippen molar-refractivity contribution in [3.05, 3.63) is 11.8 Å². The van der Waals surface area contributed by atoms with Gasteiger partial charge >= 0.3 is 0 Å². The van der Waals surface area contributed by atoms with E-state index < -0.39 is 5.60 Å². The van der Waals surface area contributed by atoms with Crippen LogP contribution in [0.1, 0.15) is 27.7 Å². The zero-order valence-electron chi connectivity index (χ0n) is 8.33. The summed E-state index contributed by atoms with van der Waals surface area (Å²) in [7, 11) is 0. The van der Waals surface area contributed by atoms with Crippen LogP contribution in [0.3, 0.4) is 0 Å². The molecule has 0 aromatic heterocycles. The molecular weight excluding hydrogens is 152 g/mol. The maximum absolute atomic E-state index is 9.47. The van der Waals surface area contributed by atoms with E-state index in [0.29, 0.717) is 6.54 Å². The molecule has 0 saturated heterocycles. The van der Waals surface area contributed by atoms with Crippen LogP contribution in [-0.4, -0.2) is 29.0 Å². The van der Waals surface area contributed by atoms with Crippen LogP contribution in [0.4, 0.5) is 0 Å². The van der Waals surface area contributed by atoms with Gasteiger partial charge < -0.3 is 5.11 Å². The van der Waals surface area contributed by atoms with E-state index in [1.165, 1.54) is 0 Å². The summed E-state index contributed by atoms with van der Waals surface area (Å²) in [5.41, 5.74) is 0.388. The SMILES string of the molecule is C=NN(C=C(C)C)CC(C)(C)O. The molecule has 3 nitrogen and oxygen atoms in total. The van der Waals surface area contributed by atoms with Gasteiger partial charge in [0.15, 0.2) is 0 Å². The minimum Gasteiger partial charge on any atom is -0.389 e. The molecule has 0 aromatic carbocycles. The van der Waals surface area contributed by atoms with Crippen LogP contribution in [0.25, 0.3) is 0 Å². The smallest absolute Gasteiger partial charge is 0.0786 e. The largest absolute Gasteiger partial charge is 0.389 e. The fourth-order valence-electron chi connectivity index (χ4n) is 0.831. The summed E-state index contributed by atoms with van der Waals surface area (Å²) in [6, 6.07) is 0. The van der Waals surface area contributed by atoms with Crippen molar-refractivity contribution < 1.29 is 5.11 Å². The molecule has 3 heteroatoms. The third kappa shape index (κ3) is 5.92. The van der Waals surface area contributed by atoms with E-state index >= 15 is 0 Å². The van der Waals surface area contributed by atoms with Gasteiger partial charge in [-0.25, -0.2) is 0 Å². The van der Waals surface area contributed by atoms with E-state index in [1.54, 1.807) is 18.9 Å². The lowest BCUT2D eigenvalue weighted by Gasteiger charge is -2.23. The van der Waals surface area contributed by atoms with Gasteiger partial charge in [0.2, 0.25) is 0 Å². The third-order valence-corrected chi connectivity index (χ3v) is 1.14. The second-order valence-electron chi connectivity index (χ2n) is 3.76. The maximum Gasteiger partial charge on any atom is 0.0786 e. The van der Waals surface area contributed by atoms with Crippen molar-refractivity contribution in [2.75, 3.05) is 6.54 Å². The molecule has 0 unspecified atom stereocenters. The molecule has 0 heterocycles. The summed E-state index contributed by atoms with van der Waals surface area (Å²) in [6.07, 6.45) is 1.85. The summed E-state index contributed by atoms with van der Waals surface area (Å²) >= 11 is 0. The number of hydrogen-bond donors (Lipinski definition) is 1. The van der Waals surface area contributed by atoms with Gasteiger partial charge in [0.25, 0.3) is 0 Å². The van der Waals surface area contributed by atoms with Crippen LogP contribution in [0.2, 0.25) is 0 Å². The molecule has 0 aliphatic carbocycles. The number of hydrogen-bond acceptors (Lipinski definition) is 3. The van der Waals surface area contributed by atoms with Gasteiger partial charge in [0.1, 0.15) is 0 Å². The highest BCUT2D eigenvalue weighted by atomic mass is 16.3. The van der Waals surface area contributed by atoms with Crippen LogP contribution in [0, 0.1) is 0 Å². The predicted molar refractivity (Wildman–Crippen MR) is 52.0 cm³/mol. The van der Waals surface area contributed by atoms with Crippen molar-refractivity contribution in [2.24, 2.45) is 5.10 Å². The number of hydrazone groups is 1. The number of allylic oxidation sites excluding steroid dienone is 1. The first-order valence-electron chi connectivity index (χ1n) is 3.96. The third-order valence-electron chi connectivity index (χ3n) is 1.14. The second-order valence-corrected chi connectivity index (χ2v) is 3.76. The average Bonchev–Trinajstić information content (AvgIpc) is 1.82. The van der Waals surface area contributed by atoms with Crippen LogP contribution < -0.4 is 0 Å². The zero-order chi connectivity index (χ0) is 9.78. The van der Waals surface area contributed by atoms with Gasteiger partial charge in [-0.05, 0) is 27.7 Å². The topological polar surface area (TPSA) is 35.8 Å². The van der Waals surface area contributed by atoms with Crippen molar-refractivity contribution in [1.82, 2.24) is 5.01 Å². The summed E-state index contributed by atoms with van der Waals surface area (Å²) < 4.78 is 0. The molecule has 1 N–H and O–H groups in total. The Bertz CT molecular complexity index is 175. The van der Waals surface area contributed by atoms with Gasteiger partial charge in [-0.2, -0.15) is 5.10 Å². The Kier molecular flexibility index (Phi) is 3.96. The summed E-state index contributed by atoms with van der Waals surface area (Å²) in [6.45, 7) is 11.3. The molecule has 0 fully saturated rings. The molecule has 0 radical (unpaired) electrons. The number of aliphatic hydroxyl groups is 1. The van der Waals surface area contributed by atoms with Gasteiger partial charge in [-0.15, -0.1) is 0 Å². The quantitative estimate of drug-likeness (QED) is 0.514. The Morgan fingerprint density at radius 3 is 2.33 bits per heavy atom. The fraction of sp³-hybridized carbons (Fsp3) is 0.667. The van der Waals surface area contributed by atoms with E-state index in [-0.39, 0.29) is 0 Å². The monoisotopic (exact) mass is 170 g/mol. The first kappa shape index (κ1) is 11.2. The summed E-state index contributed by atoms with van der Waals surface area (Å²) in [4.78, 5) is 0. The van der Waals surface area contributed by atoms with Crippen LogP contribution in [-0.2, 0) is 0 Å². The number of rotatable bonds is 4. The van der Waals surface area contributed by atoms with E-state index in [1.807, 2.05) is 20.0 Å². The van der Waals surface area contributed by atoms with Crippen molar-refractivity contribution in [3.63, 3.8) is 0 Å². The first-order valence-corrected chi connectivity index (χ1v) is 3.96. The van der Waals surface area contributed by atoms with Crippen LogP contribution in [0.5, 0.6) is 0 Å². The molecule has 0 aromatic rings. The minimum atomic E-state index is -0.743. The molecular formula is C9H18N2O. The standard InChI is InChI=1S/C9H18N2O/c1-8(2)6-11(10-5)7-9(3,4)12/h6,12H,5,7H2,1-4H3. The van der Waals surface area contributed by atoms with Crippen molar-refractivity contribution >= 4 is 6.72 Å². The lowest BCUT2D eigenvalue weighted by molar-refractivity contribution is 0.0515. The zero-order valence-corrected chi connectivity index (χ0v) is 8.33. The molecule has 70 valence electrons.